The summed E-state index contributed by atoms with van der Waals surface area (Å²) in [5, 5.41) is 15.1. The average Bonchev–Trinajstić information content (AvgIpc) is 3.24. The van der Waals surface area contributed by atoms with Gasteiger partial charge in [0.05, 0.1) is 28.7 Å². The highest BCUT2D eigenvalue weighted by molar-refractivity contribution is 7.90. The molecule has 0 saturated carbocycles. The number of carbonyl (C=O) groups excluding carboxylic acids is 2. The number of ether oxygens (including phenoxy) is 1. The zero-order valence-electron chi connectivity index (χ0n) is 33.0. The van der Waals surface area contributed by atoms with Crippen LogP contribution in [0.1, 0.15) is 37.4 Å². The first-order valence-electron chi connectivity index (χ1n) is 17.6. The van der Waals surface area contributed by atoms with E-state index >= 15 is 0 Å². The second-order valence-corrected chi connectivity index (χ2v) is 16.1. The molecule has 0 atom stereocenters. The van der Waals surface area contributed by atoms with Crippen LogP contribution >= 0.6 is 23.2 Å². The number of anilines is 2. The number of amides is 2. The number of hydrogen-bond acceptors (Lipinski definition) is 10. The Bertz CT molecular complexity index is 2800. The van der Waals surface area contributed by atoms with E-state index in [4.69, 9.17) is 27.9 Å². The highest BCUT2D eigenvalue weighted by Crippen LogP contribution is 2.39. The highest BCUT2D eigenvalue weighted by Gasteiger charge is 2.38. The van der Waals surface area contributed by atoms with Gasteiger partial charge in [-0.05, 0) is 66.2 Å². The van der Waals surface area contributed by atoms with Crippen LogP contribution in [-0.4, -0.2) is 73.1 Å². The van der Waals surface area contributed by atoms with Crippen LogP contribution in [-0.2, 0) is 28.4 Å². The first-order chi connectivity index (χ1) is 29.7. The second kappa shape index (κ2) is 18.8. The third-order valence-electron chi connectivity index (χ3n) is 8.82. The molecular formula is C40H28Cl2F9N7O5S. The number of pyridine rings is 1. The molecule has 336 valence electrons. The second-order valence-electron chi connectivity index (χ2n) is 13.3. The lowest BCUT2D eigenvalue weighted by Crippen LogP contribution is -2.29. The van der Waals surface area contributed by atoms with E-state index < -0.39 is 72.9 Å². The molecule has 2 amide bonds. The molecule has 6 aromatic rings. The van der Waals surface area contributed by atoms with Crippen molar-refractivity contribution in [2.24, 2.45) is 0 Å². The first kappa shape index (κ1) is 48.6. The predicted octanol–water partition coefficient (Wildman–Crippen LogP) is 10.0. The molecule has 0 aliphatic heterocycles. The number of sulfone groups is 1. The molecule has 0 aliphatic rings. The van der Waals surface area contributed by atoms with E-state index in [9.17, 15) is 57.5 Å². The Morgan fingerprint density at radius 1 is 0.594 bits per heavy atom. The summed E-state index contributed by atoms with van der Waals surface area (Å²) in [7, 11) is -0.234. The minimum atomic E-state index is -5.08. The van der Waals surface area contributed by atoms with Crippen LogP contribution in [0, 0.1) is 0 Å². The molecule has 64 heavy (non-hydrogen) atoms. The van der Waals surface area contributed by atoms with Crippen molar-refractivity contribution in [2.75, 3.05) is 37.3 Å². The van der Waals surface area contributed by atoms with Crippen LogP contribution in [0.25, 0.3) is 22.3 Å². The van der Waals surface area contributed by atoms with E-state index in [0.717, 1.165) is 22.1 Å². The SMILES string of the molecule is CN(C(=O)c1cc(C(F)(F)F)cc(C(F)(F)F)c1)c1nnc(Cl)cc1-c1ccccc1.COc1ncccc1-c1cc(Cl)nnc1N(C)C(=O)c1cc(C(F)(F)F)cc(S(C)(=O)=O)c1. The van der Waals surface area contributed by atoms with Crippen molar-refractivity contribution in [3.05, 3.63) is 135 Å². The minimum absolute atomic E-state index is 0.0121. The molecule has 12 nitrogen and oxygen atoms in total. The number of aromatic nitrogens is 5. The number of benzene rings is 3. The van der Waals surface area contributed by atoms with Crippen LogP contribution < -0.4 is 14.5 Å². The number of methoxy groups -OCH3 is 1. The van der Waals surface area contributed by atoms with Crippen molar-refractivity contribution < 1.29 is 62.3 Å². The molecule has 3 heterocycles. The molecule has 0 bridgehead atoms. The molecule has 6 rings (SSSR count). The smallest absolute Gasteiger partial charge is 0.416 e. The third-order valence-corrected chi connectivity index (χ3v) is 10.3. The van der Waals surface area contributed by atoms with Gasteiger partial charge in [0, 0.05) is 54.4 Å². The topological polar surface area (TPSA) is 148 Å². The molecule has 0 radical (unpaired) electrons. The number of hydrogen-bond donors (Lipinski definition) is 0. The van der Waals surface area contributed by atoms with Crippen LogP contribution in [0.2, 0.25) is 10.3 Å². The van der Waals surface area contributed by atoms with Gasteiger partial charge in [-0.1, -0.05) is 53.5 Å². The van der Waals surface area contributed by atoms with Crippen LogP contribution in [0.3, 0.4) is 0 Å². The fourth-order valence-electron chi connectivity index (χ4n) is 5.76. The Hall–Kier alpha value is -6.39. The fourth-order valence-corrected chi connectivity index (χ4v) is 6.74. The first-order valence-corrected chi connectivity index (χ1v) is 20.2. The van der Waals surface area contributed by atoms with E-state index in [1.54, 1.807) is 42.5 Å². The number of rotatable bonds is 8. The largest absolute Gasteiger partial charge is 0.481 e. The summed E-state index contributed by atoms with van der Waals surface area (Å²) in [6, 6.07) is 17.0. The summed E-state index contributed by atoms with van der Waals surface area (Å²) in [6.07, 6.45) is -12.8. The van der Waals surface area contributed by atoms with E-state index in [2.05, 4.69) is 25.4 Å². The zero-order chi connectivity index (χ0) is 47.5. The van der Waals surface area contributed by atoms with Gasteiger partial charge in [-0.2, -0.15) is 39.5 Å². The lowest BCUT2D eigenvalue weighted by Gasteiger charge is -2.21. The molecule has 0 fully saturated rings. The van der Waals surface area contributed by atoms with Crippen LogP contribution in [0.5, 0.6) is 5.88 Å². The van der Waals surface area contributed by atoms with E-state index in [-0.39, 0.29) is 39.5 Å². The van der Waals surface area contributed by atoms with E-state index in [1.807, 2.05) is 0 Å². The van der Waals surface area contributed by atoms with Gasteiger partial charge in [-0.15, -0.1) is 20.4 Å². The molecule has 0 unspecified atom stereocenters. The normalized spacial score (nSPS) is 11.9. The predicted molar refractivity (Wildman–Crippen MR) is 216 cm³/mol. The molecule has 0 aliphatic carbocycles. The quantitative estimate of drug-likeness (QED) is 0.135. The maximum atomic E-state index is 13.4. The van der Waals surface area contributed by atoms with E-state index in [0.29, 0.717) is 41.0 Å². The fraction of sp³-hybridized carbons (Fsp3) is 0.175. The van der Waals surface area contributed by atoms with Crippen molar-refractivity contribution in [3.8, 4) is 28.1 Å². The Balaban J connectivity index is 0.000000241. The van der Waals surface area contributed by atoms with Gasteiger partial charge in [0.25, 0.3) is 11.8 Å². The van der Waals surface area contributed by atoms with Crippen molar-refractivity contribution in [1.82, 2.24) is 25.4 Å². The van der Waals surface area contributed by atoms with Gasteiger partial charge in [0.15, 0.2) is 31.8 Å². The summed E-state index contributed by atoms with van der Waals surface area (Å²) in [4.78, 5) is 31.2. The molecule has 3 aromatic heterocycles. The van der Waals surface area contributed by atoms with Gasteiger partial charge in [0.1, 0.15) is 0 Å². The Morgan fingerprint density at radius 2 is 1.05 bits per heavy atom. The number of carbonyl (C=O) groups is 2. The summed E-state index contributed by atoms with van der Waals surface area (Å²) >= 11 is 11.9. The highest BCUT2D eigenvalue weighted by atomic mass is 35.5. The number of nitrogens with zero attached hydrogens (tertiary/aromatic N) is 7. The Morgan fingerprint density at radius 3 is 1.52 bits per heavy atom. The molecule has 0 N–H and O–H groups in total. The van der Waals surface area contributed by atoms with Crippen molar-refractivity contribution in [2.45, 2.75) is 23.4 Å². The number of alkyl halides is 9. The minimum Gasteiger partial charge on any atom is -0.481 e. The summed E-state index contributed by atoms with van der Waals surface area (Å²) in [5.41, 5.74) is -4.23. The Kier molecular flexibility index (Phi) is 14.3. The lowest BCUT2D eigenvalue weighted by atomic mass is 10.0. The van der Waals surface area contributed by atoms with Gasteiger partial charge in [0.2, 0.25) is 5.88 Å². The van der Waals surface area contributed by atoms with Crippen LogP contribution in [0.15, 0.2) is 102 Å². The van der Waals surface area contributed by atoms with Crippen molar-refractivity contribution >= 4 is 56.5 Å². The summed E-state index contributed by atoms with van der Waals surface area (Å²) in [5.74, 6) is -2.06. The zero-order valence-corrected chi connectivity index (χ0v) is 35.3. The van der Waals surface area contributed by atoms with Gasteiger partial charge in [-0.3, -0.25) is 19.4 Å². The monoisotopic (exact) mass is 959 g/mol. The van der Waals surface area contributed by atoms with Crippen molar-refractivity contribution in [1.29, 1.82) is 0 Å². The third kappa shape index (κ3) is 11.4. The van der Waals surface area contributed by atoms with Gasteiger partial charge < -0.3 is 4.74 Å². The average molecular weight is 961 g/mol. The maximum Gasteiger partial charge on any atom is 0.416 e. The van der Waals surface area contributed by atoms with Crippen molar-refractivity contribution in [3.63, 3.8) is 0 Å². The number of halogens is 11. The van der Waals surface area contributed by atoms with Gasteiger partial charge in [-0.25, -0.2) is 13.4 Å². The lowest BCUT2D eigenvalue weighted by molar-refractivity contribution is -0.143. The molecular weight excluding hydrogens is 932 g/mol. The molecule has 24 heteroatoms. The summed E-state index contributed by atoms with van der Waals surface area (Å²) < 4.78 is 148. The standard InChI is InChI=1S/C20H12ClF6N3O.C20H16ClF3N4O4S/c1-30(17-15(10-16(21)28-29-17)11-5-3-2-4-6-11)18(31)12-7-13(19(22,23)24)9-14(8-12)20(25,26)27;1-28(17-15(10-16(21)26-27-17)14-5-4-6-25-18(14)32-2)19(29)11-7-12(20(22,23)24)9-13(8-11)33(3,30)31/h2-10H,1H3;4-10H,1-3H3. The Labute approximate surface area is 367 Å². The maximum absolute atomic E-state index is 13.4. The molecule has 3 aromatic carbocycles. The van der Waals surface area contributed by atoms with Gasteiger partial charge >= 0.3 is 18.5 Å². The van der Waals surface area contributed by atoms with E-state index in [1.165, 1.54) is 39.5 Å². The van der Waals surface area contributed by atoms with Crippen LogP contribution in [0.4, 0.5) is 51.1 Å². The molecule has 0 spiro atoms. The summed E-state index contributed by atoms with van der Waals surface area (Å²) in [6.45, 7) is 0. The molecule has 0 saturated heterocycles.